The Hall–Kier alpha value is -0.940. The molecule has 2 aliphatic rings. The molecule has 0 atom stereocenters. The van der Waals surface area contributed by atoms with E-state index in [9.17, 15) is 4.79 Å². The Bertz CT molecular complexity index is 653. The van der Waals surface area contributed by atoms with E-state index in [-0.39, 0.29) is 24.0 Å². The second-order valence-corrected chi connectivity index (χ2v) is 8.40. The molecule has 0 aliphatic carbocycles. The zero-order chi connectivity index (χ0) is 19.8. The molecule has 1 aromatic heterocycles. The SMILES string of the molecule is CCNC(=NCc1csc(CC)n1)N1CCN(CC(=O)N2CCCCC2)CC1.I. The number of thiazole rings is 1. The van der Waals surface area contributed by atoms with Gasteiger partial charge < -0.3 is 15.1 Å². The minimum Gasteiger partial charge on any atom is -0.357 e. The van der Waals surface area contributed by atoms with E-state index < -0.39 is 0 Å². The Labute approximate surface area is 196 Å². The van der Waals surface area contributed by atoms with Crippen LogP contribution >= 0.6 is 35.3 Å². The quantitative estimate of drug-likeness (QED) is 0.345. The van der Waals surface area contributed by atoms with Gasteiger partial charge in [-0.3, -0.25) is 9.69 Å². The summed E-state index contributed by atoms with van der Waals surface area (Å²) in [7, 11) is 0. The number of carbonyl (C=O) groups is 1. The number of likely N-dealkylation sites (tertiary alicyclic amines) is 1. The van der Waals surface area contributed by atoms with Crippen LogP contribution < -0.4 is 5.32 Å². The third-order valence-electron chi connectivity index (χ3n) is 5.37. The Balaban J connectivity index is 0.00000300. The number of aromatic nitrogens is 1. The fraction of sp³-hybridized carbons (Fsp3) is 0.750. The maximum absolute atomic E-state index is 12.5. The first-order valence-electron chi connectivity index (χ1n) is 10.7. The van der Waals surface area contributed by atoms with Gasteiger partial charge in [-0.25, -0.2) is 9.98 Å². The first kappa shape index (κ1) is 24.3. The molecule has 0 saturated carbocycles. The van der Waals surface area contributed by atoms with Crippen molar-refractivity contribution in [2.45, 2.75) is 46.1 Å². The molecule has 1 N–H and O–H groups in total. The number of nitrogens with one attached hydrogen (secondary N) is 1. The van der Waals surface area contributed by atoms with Gasteiger partial charge in [0.2, 0.25) is 5.91 Å². The summed E-state index contributed by atoms with van der Waals surface area (Å²) in [6.45, 7) is 11.7. The number of piperazine rings is 1. The number of hydrogen-bond donors (Lipinski definition) is 1. The number of rotatable bonds is 6. The minimum absolute atomic E-state index is 0. The molecule has 0 spiro atoms. The molecule has 0 aromatic carbocycles. The molecule has 0 radical (unpaired) electrons. The molecule has 0 bridgehead atoms. The normalized spacial score (nSPS) is 18.5. The number of aliphatic imine (C=N–C) groups is 1. The second-order valence-electron chi connectivity index (χ2n) is 7.46. The van der Waals surface area contributed by atoms with Crippen LogP contribution in [-0.2, 0) is 17.8 Å². The highest BCUT2D eigenvalue weighted by Crippen LogP contribution is 2.12. The molecular formula is C20H35IN6OS. The van der Waals surface area contributed by atoms with E-state index in [1.807, 2.05) is 4.90 Å². The summed E-state index contributed by atoms with van der Waals surface area (Å²) in [5.41, 5.74) is 1.04. The van der Waals surface area contributed by atoms with Crippen molar-refractivity contribution in [1.29, 1.82) is 0 Å². The summed E-state index contributed by atoms with van der Waals surface area (Å²) in [5.74, 6) is 1.25. The van der Waals surface area contributed by atoms with Crippen molar-refractivity contribution in [3.63, 3.8) is 0 Å². The summed E-state index contributed by atoms with van der Waals surface area (Å²) in [5, 5.41) is 6.68. The average molecular weight is 535 g/mol. The zero-order valence-electron chi connectivity index (χ0n) is 17.7. The Kier molecular flexibility index (Phi) is 10.6. The number of amides is 1. The van der Waals surface area contributed by atoms with E-state index in [1.54, 1.807) is 11.3 Å². The Morgan fingerprint density at radius 2 is 1.83 bits per heavy atom. The lowest BCUT2D eigenvalue weighted by atomic mass is 10.1. The van der Waals surface area contributed by atoms with Crippen LogP contribution in [-0.4, -0.2) is 83.9 Å². The van der Waals surface area contributed by atoms with Crippen LogP contribution in [0.25, 0.3) is 0 Å². The number of piperidine rings is 1. The van der Waals surface area contributed by atoms with Gasteiger partial charge in [-0.15, -0.1) is 35.3 Å². The highest BCUT2D eigenvalue weighted by molar-refractivity contribution is 14.0. The summed E-state index contributed by atoms with van der Waals surface area (Å²) in [4.78, 5) is 28.5. The largest absolute Gasteiger partial charge is 0.357 e. The first-order chi connectivity index (χ1) is 13.7. The fourth-order valence-corrected chi connectivity index (χ4v) is 4.45. The van der Waals surface area contributed by atoms with Gasteiger partial charge >= 0.3 is 0 Å². The molecule has 0 unspecified atom stereocenters. The maximum Gasteiger partial charge on any atom is 0.236 e. The van der Waals surface area contributed by atoms with Crippen molar-refractivity contribution in [2.24, 2.45) is 4.99 Å². The molecule has 1 amide bonds. The molecular weight excluding hydrogens is 499 g/mol. The van der Waals surface area contributed by atoms with Crippen molar-refractivity contribution >= 4 is 47.2 Å². The van der Waals surface area contributed by atoms with Crippen molar-refractivity contribution in [3.05, 3.63) is 16.1 Å². The summed E-state index contributed by atoms with van der Waals surface area (Å²) >= 11 is 1.71. The van der Waals surface area contributed by atoms with Crippen LogP contribution in [0.1, 0.15) is 43.8 Å². The number of nitrogens with zero attached hydrogens (tertiary/aromatic N) is 5. The summed E-state index contributed by atoms with van der Waals surface area (Å²) in [6.07, 6.45) is 4.55. The molecule has 29 heavy (non-hydrogen) atoms. The lowest BCUT2D eigenvalue weighted by Gasteiger charge is -2.37. The monoisotopic (exact) mass is 534 g/mol. The molecule has 2 aliphatic heterocycles. The third kappa shape index (κ3) is 7.36. The van der Waals surface area contributed by atoms with E-state index in [1.165, 1.54) is 11.4 Å². The van der Waals surface area contributed by atoms with E-state index >= 15 is 0 Å². The number of carbonyl (C=O) groups excluding carboxylic acids is 1. The first-order valence-corrected chi connectivity index (χ1v) is 11.5. The van der Waals surface area contributed by atoms with Gasteiger partial charge in [0.25, 0.3) is 0 Å². The summed E-state index contributed by atoms with van der Waals surface area (Å²) < 4.78 is 0. The van der Waals surface area contributed by atoms with Gasteiger partial charge in [-0.05, 0) is 32.6 Å². The standard InChI is InChI=1S/C20H34N6OS.HI/c1-3-18-23-17(16-28-18)14-22-20(21-4-2)26-12-10-24(11-13-26)15-19(27)25-8-6-5-7-9-25;/h16H,3-15H2,1-2H3,(H,21,22);1H. The van der Waals surface area contributed by atoms with Gasteiger partial charge in [-0.2, -0.15) is 0 Å². The van der Waals surface area contributed by atoms with Crippen molar-refractivity contribution < 1.29 is 4.79 Å². The third-order valence-corrected chi connectivity index (χ3v) is 6.41. The van der Waals surface area contributed by atoms with E-state index in [4.69, 9.17) is 4.99 Å². The Morgan fingerprint density at radius 1 is 1.10 bits per heavy atom. The Morgan fingerprint density at radius 3 is 2.45 bits per heavy atom. The van der Waals surface area contributed by atoms with E-state index in [2.05, 4.69) is 39.3 Å². The average Bonchev–Trinajstić information content (AvgIpc) is 3.20. The molecule has 2 saturated heterocycles. The molecule has 7 nitrogen and oxygen atoms in total. The zero-order valence-corrected chi connectivity index (χ0v) is 20.9. The van der Waals surface area contributed by atoms with Crippen LogP contribution in [0.15, 0.2) is 10.4 Å². The summed E-state index contributed by atoms with van der Waals surface area (Å²) in [6, 6.07) is 0. The topological polar surface area (TPSA) is 64.1 Å². The molecule has 2 fully saturated rings. The molecule has 9 heteroatoms. The number of guanidine groups is 1. The predicted molar refractivity (Wildman–Crippen MR) is 130 cm³/mol. The highest BCUT2D eigenvalue weighted by atomic mass is 127. The number of halogens is 1. The van der Waals surface area contributed by atoms with E-state index in [0.29, 0.717) is 19.0 Å². The van der Waals surface area contributed by atoms with Crippen molar-refractivity contribution in [3.8, 4) is 0 Å². The number of aryl methyl sites for hydroxylation is 1. The van der Waals surface area contributed by atoms with Crippen LogP contribution in [0.4, 0.5) is 0 Å². The van der Waals surface area contributed by atoms with Crippen LogP contribution in [0, 0.1) is 0 Å². The molecule has 3 rings (SSSR count). The maximum atomic E-state index is 12.5. The molecule has 1 aromatic rings. The van der Waals surface area contributed by atoms with Crippen LogP contribution in [0.3, 0.4) is 0 Å². The predicted octanol–water partition coefficient (Wildman–Crippen LogP) is 2.42. The number of hydrogen-bond acceptors (Lipinski definition) is 5. The lowest BCUT2D eigenvalue weighted by molar-refractivity contribution is -0.133. The van der Waals surface area contributed by atoms with Gasteiger partial charge in [0.15, 0.2) is 5.96 Å². The fourth-order valence-electron chi connectivity index (χ4n) is 3.72. The van der Waals surface area contributed by atoms with Crippen LogP contribution in [0.5, 0.6) is 0 Å². The van der Waals surface area contributed by atoms with Crippen molar-refractivity contribution in [2.75, 3.05) is 52.4 Å². The minimum atomic E-state index is 0. The highest BCUT2D eigenvalue weighted by Gasteiger charge is 2.24. The lowest BCUT2D eigenvalue weighted by Crippen LogP contribution is -2.54. The smallest absolute Gasteiger partial charge is 0.236 e. The van der Waals surface area contributed by atoms with Gasteiger partial charge in [0, 0.05) is 51.2 Å². The second kappa shape index (κ2) is 12.7. The molecule has 164 valence electrons. The van der Waals surface area contributed by atoms with Crippen molar-refractivity contribution in [1.82, 2.24) is 25.0 Å². The van der Waals surface area contributed by atoms with Gasteiger partial charge in [0.1, 0.15) is 0 Å². The molecule has 3 heterocycles. The van der Waals surface area contributed by atoms with Gasteiger partial charge in [-0.1, -0.05) is 6.92 Å². The van der Waals surface area contributed by atoms with Crippen LogP contribution in [0.2, 0.25) is 0 Å². The van der Waals surface area contributed by atoms with E-state index in [0.717, 1.165) is 76.7 Å². The van der Waals surface area contributed by atoms with Gasteiger partial charge in [0.05, 0.1) is 23.8 Å².